The number of hydrogen-bond acceptors (Lipinski definition) is 5. The van der Waals surface area contributed by atoms with E-state index in [0.717, 1.165) is 22.1 Å². The summed E-state index contributed by atoms with van der Waals surface area (Å²) in [6, 6.07) is 3.89. The number of nitrogens with zero attached hydrogens (tertiary/aromatic N) is 2. The third kappa shape index (κ3) is 3.48. The molecule has 0 saturated carbocycles. The topological polar surface area (TPSA) is 33.2 Å². The highest BCUT2D eigenvalue weighted by atomic mass is 32.1. The van der Waals surface area contributed by atoms with Crippen LogP contribution in [0.3, 0.4) is 0 Å². The molecule has 2 aromatic heterocycles. The standard InChI is InChI=1S/C13H16N2OS2/c1-9-4-5-13(18-9)12(16)7-15(3)6-11-8-17-10(2)14-11/h4-5,8H,6-7H2,1-3H3. The Hall–Kier alpha value is -1.04. The van der Waals surface area contributed by atoms with Gasteiger partial charge in [-0.25, -0.2) is 4.98 Å². The van der Waals surface area contributed by atoms with Crippen LogP contribution in [0.15, 0.2) is 17.5 Å². The number of thiophene rings is 1. The summed E-state index contributed by atoms with van der Waals surface area (Å²) in [5.41, 5.74) is 1.04. The van der Waals surface area contributed by atoms with Gasteiger partial charge in [0.2, 0.25) is 0 Å². The first kappa shape index (κ1) is 13.4. The van der Waals surface area contributed by atoms with Crippen LogP contribution in [0.5, 0.6) is 0 Å². The number of carbonyl (C=O) groups excluding carboxylic acids is 1. The molecule has 18 heavy (non-hydrogen) atoms. The van der Waals surface area contributed by atoms with Crippen molar-refractivity contribution in [1.82, 2.24) is 9.88 Å². The molecule has 2 aromatic rings. The maximum Gasteiger partial charge on any atom is 0.186 e. The molecule has 0 radical (unpaired) electrons. The number of aromatic nitrogens is 1. The molecule has 2 rings (SSSR count). The SMILES string of the molecule is Cc1ccc(C(=O)CN(C)Cc2csc(C)n2)s1. The van der Waals surface area contributed by atoms with Crippen LogP contribution in [0.1, 0.15) is 25.3 Å². The summed E-state index contributed by atoms with van der Waals surface area (Å²) in [6.45, 7) is 5.17. The van der Waals surface area contributed by atoms with Gasteiger partial charge in [0.05, 0.1) is 22.1 Å². The number of Topliss-reactive ketones (excluding diaryl/α,β-unsaturated/α-hetero) is 1. The van der Waals surface area contributed by atoms with Crippen molar-refractivity contribution in [3.05, 3.63) is 38.0 Å². The highest BCUT2D eigenvalue weighted by molar-refractivity contribution is 7.14. The predicted molar refractivity (Wildman–Crippen MR) is 76.6 cm³/mol. The summed E-state index contributed by atoms with van der Waals surface area (Å²) in [5.74, 6) is 0.183. The van der Waals surface area contributed by atoms with Gasteiger partial charge in [-0.1, -0.05) is 0 Å². The molecule has 0 saturated heterocycles. The van der Waals surface area contributed by atoms with Gasteiger partial charge in [-0.3, -0.25) is 9.69 Å². The van der Waals surface area contributed by atoms with Crippen LogP contribution in [-0.2, 0) is 6.54 Å². The summed E-state index contributed by atoms with van der Waals surface area (Å²) in [4.78, 5) is 20.4. The van der Waals surface area contributed by atoms with E-state index in [-0.39, 0.29) is 5.78 Å². The summed E-state index contributed by atoms with van der Waals surface area (Å²) in [7, 11) is 1.95. The van der Waals surface area contributed by atoms with Crippen molar-refractivity contribution < 1.29 is 4.79 Å². The molecule has 96 valence electrons. The lowest BCUT2D eigenvalue weighted by Gasteiger charge is -2.13. The van der Waals surface area contributed by atoms with Gasteiger partial charge in [0.15, 0.2) is 5.78 Å². The fraction of sp³-hybridized carbons (Fsp3) is 0.385. The van der Waals surface area contributed by atoms with E-state index in [1.54, 1.807) is 22.7 Å². The second-order valence-corrected chi connectivity index (χ2v) is 6.71. The first-order chi connectivity index (χ1) is 8.54. The Labute approximate surface area is 115 Å². The zero-order valence-corrected chi connectivity index (χ0v) is 12.4. The van der Waals surface area contributed by atoms with Crippen LogP contribution in [0, 0.1) is 13.8 Å². The predicted octanol–water partition coefficient (Wildman–Crippen LogP) is 3.14. The molecule has 0 fully saturated rings. The number of carbonyl (C=O) groups is 1. The maximum absolute atomic E-state index is 12.0. The number of likely N-dealkylation sites (N-methyl/N-ethyl adjacent to an activating group) is 1. The smallest absolute Gasteiger partial charge is 0.186 e. The molecule has 0 N–H and O–H groups in total. The van der Waals surface area contributed by atoms with E-state index in [0.29, 0.717) is 6.54 Å². The highest BCUT2D eigenvalue weighted by Gasteiger charge is 2.12. The molecule has 0 aliphatic carbocycles. The van der Waals surface area contributed by atoms with E-state index in [1.165, 1.54) is 4.88 Å². The summed E-state index contributed by atoms with van der Waals surface area (Å²) < 4.78 is 0. The van der Waals surface area contributed by atoms with Gasteiger partial charge in [0.1, 0.15) is 0 Å². The second-order valence-electron chi connectivity index (χ2n) is 4.36. The van der Waals surface area contributed by atoms with Crippen molar-refractivity contribution >= 4 is 28.5 Å². The number of rotatable bonds is 5. The van der Waals surface area contributed by atoms with Crippen LogP contribution in [-0.4, -0.2) is 29.3 Å². The molecular weight excluding hydrogens is 264 g/mol. The van der Waals surface area contributed by atoms with E-state index in [9.17, 15) is 4.79 Å². The number of ketones is 1. The van der Waals surface area contributed by atoms with Gasteiger partial charge in [0.25, 0.3) is 0 Å². The summed E-state index contributed by atoms with van der Waals surface area (Å²) in [6.07, 6.45) is 0. The van der Waals surface area contributed by atoms with Crippen LogP contribution >= 0.6 is 22.7 Å². The Balaban J connectivity index is 1.91. The van der Waals surface area contributed by atoms with E-state index >= 15 is 0 Å². The number of aryl methyl sites for hydroxylation is 2. The zero-order chi connectivity index (χ0) is 13.1. The Morgan fingerprint density at radius 2 is 2.17 bits per heavy atom. The zero-order valence-electron chi connectivity index (χ0n) is 10.8. The monoisotopic (exact) mass is 280 g/mol. The third-order valence-corrected chi connectivity index (χ3v) is 4.39. The van der Waals surface area contributed by atoms with Crippen molar-refractivity contribution in [3.63, 3.8) is 0 Å². The minimum Gasteiger partial charge on any atom is -0.293 e. The molecule has 0 spiro atoms. The molecule has 5 heteroatoms. The van der Waals surface area contributed by atoms with Gasteiger partial charge < -0.3 is 0 Å². The van der Waals surface area contributed by atoms with Crippen LogP contribution in [0.2, 0.25) is 0 Å². The fourth-order valence-electron chi connectivity index (χ4n) is 1.72. The molecule has 0 aromatic carbocycles. The lowest BCUT2D eigenvalue weighted by Crippen LogP contribution is -2.25. The van der Waals surface area contributed by atoms with Gasteiger partial charge in [-0.2, -0.15) is 0 Å². The fourth-order valence-corrected chi connectivity index (χ4v) is 3.12. The minimum atomic E-state index is 0.183. The Morgan fingerprint density at radius 1 is 1.39 bits per heavy atom. The largest absolute Gasteiger partial charge is 0.293 e. The normalized spacial score (nSPS) is 11.1. The molecule has 0 aliphatic rings. The highest BCUT2D eigenvalue weighted by Crippen LogP contribution is 2.16. The number of thiazole rings is 1. The maximum atomic E-state index is 12.0. The minimum absolute atomic E-state index is 0.183. The van der Waals surface area contributed by atoms with Gasteiger partial charge >= 0.3 is 0 Å². The second kappa shape index (κ2) is 5.73. The van der Waals surface area contributed by atoms with E-state index in [1.807, 2.05) is 43.3 Å². The lowest BCUT2D eigenvalue weighted by molar-refractivity contribution is 0.0946. The average Bonchev–Trinajstić information content (AvgIpc) is 2.87. The molecule has 2 heterocycles. The van der Waals surface area contributed by atoms with Crippen molar-refractivity contribution in [2.75, 3.05) is 13.6 Å². The average molecular weight is 280 g/mol. The Kier molecular flexibility index (Phi) is 4.27. The van der Waals surface area contributed by atoms with Gasteiger partial charge in [-0.15, -0.1) is 22.7 Å². The van der Waals surface area contributed by atoms with E-state index in [4.69, 9.17) is 0 Å². The van der Waals surface area contributed by atoms with Crippen LogP contribution in [0.4, 0.5) is 0 Å². The van der Waals surface area contributed by atoms with Crippen molar-refractivity contribution in [1.29, 1.82) is 0 Å². The molecule has 0 bridgehead atoms. The van der Waals surface area contributed by atoms with Gasteiger partial charge in [-0.05, 0) is 33.0 Å². The van der Waals surface area contributed by atoms with E-state index < -0.39 is 0 Å². The molecular formula is C13H16N2OS2. The number of hydrogen-bond donors (Lipinski definition) is 0. The molecule has 0 amide bonds. The van der Waals surface area contributed by atoms with Crippen molar-refractivity contribution in [3.8, 4) is 0 Å². The van der Waals surface area contributed by atoms with E-state index in [2.05, 4.69) is 4.98 Å². The third-order valence-electron chi connectivity index (χ3n) is 2.53. The summed E-state index contributed by atoms with van der Waals surface area (Å²) >= 11 is 3.20. The van der Waals surface area contributed by atoms with Crippen LogP contribution < -0.4 is 0 Å². The molecule has 0 aliphatic heterocycles. The summed E-state index contributed by atoms with van der Waals surface area (Å²) in [5, 5.41) is 3.12. The molecule has 0 atom stereocenters. The quantitative estimate of drug-likeness (QED) is 0.789. The first-order valence-electron chi connectivity index (χ1n) is 5.74. The van der Waals surface area contributed by atoms with Crippen molar-refractivity contribution in [2.45, 2.75) is 20.4 Å². The van der Waals surface area contributed by atoms with Crippen LogP contribution in [0.25, 0.3) is 0 Å². The Morgan fingerprint density at radius 3 is 2.72 bits per heavy atom. The van der Waals surface area contributed by atoms with Crippen molar-refractivity contribution in [2.24, 2.45) is 0 Å². The molecule has 3 nitrogen and oxygen atoms in total. The first-order valence-corrected chi connectivity index (χ1v) is 7.43. The van der Waals surface area contributed by atoms with Gasteiger partial charge in [0, 0.05) is 16.8 Å². The lowest BCUT2D eigenvalue weighted by atomic mass is 10.3. The molecule has 0 unspecified atom stereocenters. The Bertz CT molecular complexity index is 545.